The van der Waals surface area contributed by atoms with Crippen LogP contribution in [0.4, 0.5) is 0 Å². The smallest absolute Gasteiger partial charge is 0.223 e. The van der Waals surface area contributed by atoms with E-state index < -0.39 is 0 Å². The molecule has 1 heterocycles. The lowest BCUT2D eigenvalue weighted by Gasteiger charge is -2.16. The zero-order chi connectivity index (χ0) is 12.3. The Labute approximate surface area is 99.5 Å². The molecule has 0 bridgehead atoms. The maximum absolute atomic E-state index is 11.7. The quantitative estimate of drug-likeness (QED) is 0.350. The van der Waals surface area contributed by atoms with Crippen LogP contribution in [0.2, 0.25) is 0 Å². The molecule has 5 heteroatoms. The molecule has 0 aliphatic carbocycles. The Bertz CT molecular complexity index is 431. The van der Waals surface area contributed by atoms with Crippen molar-refractivity contribution in [1.29, 1.82) is 0 Å². The number of hydrogen-bond acceptors (Lipinski definition) is 3. The number of nitrogens with two attached hydrogens (primary N) is 1. The molecular formula is C12H15N3O2. The van der Waals surface area contributed by atoms with Gasteiger partial charge in [0.1, 0.15) is 5.84 Å². The molecule has 0 spiro atoms. The maximum atomic E-state index is 11.7. The number of amidine groups is 1. The van der Waals surface area contributed by atoms with Crippen LogP contribution >= 0.6 is 0 Å². The second-order valence-electron chi connectivity index (χ2n) is 4.19. The van der Waals surface area contributed by atoms with E-state index >= 15 is 0 Å². The average Bonchev–Trinajstić information content (AvgIpc) is 2.71. The number of likely N-dealkylation sites (tertiary alicyclic amines) is 1. The molecular weight excluding hydrogens is 218 g/mol. The van der Waals surface area contributed by atoms with Gasteiger partial charge < -0.3 is 15.8 Å². The summed E-state index contributed by atoms with van der Waals surface area (Å²) in [7, 11) is 0. The molecule has 0 saturated carbocycles. The minimum Gasteiger partial charge on any atom is -0.409 e. The van der Waals surface area contributed by atoms with E-state index in [2.05, 4.69) is 5.16 Å². The van der Waals surface area contributed by atoms with E-state index in [-0.39, 0.29) is 17.7 Å². The van der Waals surface area contributed by atoms with Gasteiger partial charge in [-0.1, -0.05) is 35.5 Å². The van der Waals surface area contributed by atoms with Crippen LogP contribution in [0.3, 0.4) is 0 Å². The summed E-state index contributed by atoms with van der Waals surface area (Å²) >= 11 is 0. The van der Waals surface area contributed by atoms with Crippen LogP contribution < -0.4 is 5.73 Å². The van der Waals surface area contributed by atoms with Crippen molar-refractivity contribution in [3.63, 3.8) is 0 Å². The molecule has 1 saturated heterocycles. The molecule has 1 atom stereocenters. The number of nitrogens with zero attached hydrogens (tertiary/aromatic N) is 2. The third-order valence-corrected chi connectivity index (χ3v) is 2.96. The molecule has 5 nitrogen and oxygen atoms in total. The van der Waals surface area contributed by atoms with Gasteiger partial charge in [0.05, 0.1) is 0 Å². The van der Waals surface area contributed by atoms with Gasteiger partial charge >= 0.3 is 0 Å². The highest BCUT2D eigenvalue weighted by Gasteiger charge is 2.32. The summed E-state index contributed by atoms with van der Waals surface area (Å²) in [6.45, 7) is 1.10. The van der Waals surface area contributed by atoms with Crippen LogP contribution in [0.15, 0.2) is 35.5 Å². The molecule has 1 aromatic rings. The minimum absolute atomic E-state index is 0.0467. The van der Waals surface area contributed by atoms with Gasteiger partial charge in [0, 0.05) is 25.4 Å². The molecule has 1 unspecified atom stereocenters. The van der Waals surface area contributed by atoms with Crippen molar-refractivity contribution >= 4 is 11.7 Å². The van der Waals surface area contributed by atoms with E-state index in [9.17, 15) is 4.79 Å². The predicted molar refractivity (Wildman–Crippen MR) is 63.4 cm³/mol. The maximum Gasteiger partial charge on any atom is 0.223 e. The first-order valence-corrected chi connectivity index (χ1v) is 5.50. The number of carbonyl (C=O) groups is 1. The van der Waals surface area contributed by atoms with Gasteiger partial charge in [0.15, 0.2) is 0 Å². The molecule has 1 aliphatic rings. The van der Waals surface area contributed by atoms with Crippen molar-refractivity contribution in [3.05, 3.63) is 35.9 Å². The Morgan fingerprint density at radius 2 is 2.18 bits per heavy atom. The fourth-order valence-corrected chi connectivity index (χ4v) is 2.01. The number of amides is 1. The fourth-order valence-electron chi connectivity index (χ4n) is 2.01. The largest absolute Gasteiger partial charge is 0.409 e. The highest BCUT2D eigenvalue weighted by Crippen LogP contribution is 2.20. The van der Waals surface area contributed by atoms with E-state index in [1.54, 1.807) is 4.90 Å². The minimum atomic E-state index is -0.170. The normalized spacial score (nSPS) is 20.9. The summed E-state index contributed by atoms with van der Waals surface area (Å²) in [5, 5.41) is 11.6. The zero-order valence-electron chi connectivity index (χ0n) is 9.41. The summed E-state index contributed by atoms with van der Waals surface area (Å²) < 4.78 is 0. The van der Waals surface area contributed by atoms with Crippen LogP contribution in [0.5, 0.6) is 0 Å². The lowest BCUT2D eigenvalue weighted by Crippen LogP contribution is -2.28. The topological polar surface area (TPSA) is 78.9 Å². The highest BCUT2D eigenvalue weighted by molar-refractivity contribution is 5.91. The number of rotatable bonds is 3. The van der Waals surface area contributed by atoms with Crippen molar-refractivity contribution in [2.75, 3.05) is 6.54 Å². The number of hydrogen-bond donors (Lipinski definition) is 2. The second-order valence-corrected chi connectivity index (χ2v) is 4.19. The molecule has 2 rings (SSSR count). The van der Waals surface area contributed by atoms with E-state index in [4.69, 9.17) is 10.9 Å². The molecule has 1 fully saturated rings. The van der Waals surface area contributed by atoms with Crippen molar-refractivity contribution in [3.8, 4) is 0 Å². The first-order valence-electron chi connectivity index (χ1n) is 5.50. The van der Waals surface area contributed by atoms with Gasteiger partial charge in [0.25, 0.3) is 0 Å². The van der Waals surface area contributed by atoms with E-state index in [0.29, 0.717) is 19.5 Å². The fraction of sp³-hybridized carbons (Fsp3) is 0.333. The van der Waals surface area contributed by atoms with E-state index in [1.165, 1.54) is 0 Å². The number of oxime groups is 1. The number of carbonyl (C=O) groups excluding carboxylic acids is 1. The number of benzene rings is 1. The van der Waals surface area contributed by atoms with Crippen molar-refractivity contribution in [2.45, 2.75) is 13.0 Å². The molecule has 1 aromatic carbocycles. The zero-order valence-corrected chi connectivity index (χ0v) is 9.41. The Morgan fingerprint density at radius 3 is 2.82 bits per heavy atom. The monoisotopic (exact) mass is 233 g/mol. The molecule has 90 valence electrons. The standard InChI is InChI=1S/C12H15N3O2/c13-12(14-17)10-6-11(16)15(8-10)7-9-4-2-1-3-5-9/h1-5,10,17H,6-8H2,(H2,13,14). The van der Waals surface area contributed by atoms with Gasteiger partial charge in [-0.3, -0.25) is 4.79 Å². The first-order chi connectivity index (χ1) is 8.20. The van der Waals surface area contributed by atoms with Gasteiger partial charge in [-0.05, 0) is 5.56 Å². The summed E-state index contributed by atoms with van der Waals surface area (Å²) in [4.78, 5) is 13.5. The van der Waals surface area contributed by atoms with Crippen LogP contribution in [-0.2, 0) is 11.3 Å². The van der Waals surface area contributed by atoms with Crippen LogP contribution in [0.25, 0.3) is 0 Å². The van der Waals surface area contributed by atoms with Crippen molar-refractivity contribution in [1.82, 2.24) is 4.90 Å². The van der Waals surface area contributed by atoms with Crippen molar-refractivity contribution < 1.29 is 10.0 Å². The third kappa shape index (κ3) is 2.55. The molecule has 1 amide bonds. The average molecular weight is 233 g/mol. The van der Waals surface area contributed by atoms with Crippen LogP contribution in [0.1, 0.15) is 12.0 Å². The Morgan fingerprint density at radius 1 is 1.47 bits per heavy atom. The van der Waals surface area contributed by atoms with Crippen LogP contribution in [0, 0.1) is 5.92 Å². The Balaban J connectivity index is 2.02. The third-order valence-electron chi connectivity index (χ3n) is 2.96. The second kappa shape index (κ2) is 4.86. The summed E-state index contributed by atoms with van der Waals surface area (Å²) in [5.74, 6) is 0.00979. The summed E-state index contributed by atoms with van der Waals surface area (Å²) in [6.07, 6.45) is 0.322. The lowest BCUT2D eigenvalue weighted by molar-refractivity contribution is -0.128. The van der Waals surface area contributed by atoms with Gasteiger partial charge in [-0.15, -0.1) is 0 Å². The highest BCUT2D eigenvalue weighted by atomic mass is 16.4. The summed E-state index contributed by atoms with van der Waals surface area (Å²) in [5.41, 5.74) is 6.60. The molecule has 17 heavy (non-hydrogen) atoms. The molecule has 0 radical (unpaired) electrons. The van der Waals surface area contributed by atoms with Gasteiger partial charge in [-0.2, -0.15) is 0 Å². The Kier molecular flexibility index (Phi) is 3.27. The molecule has 3 N–H and O–H groups in total. The van der Waals surface area contributed by atoms with Gasteiger partial charge in [0.2, 0.25) is 5.91 Å². The molecule has 1 aliphatic heterocycles. The van der Waals surface area contributed by atoms with E-state index in [0.717, 1.165) is 5.56 Å². The van der Waals surface area contributed by atoms with Gasteiger partial charge in [-0.25, -0.2) is 0 Å². The Hall–Kier alpha value is -2.04. The van der Waals surface area contributed by atoms with Crippen LogP contribution in [-0.4, -0.2) is 28.4 Å². The summed E-state index contributed by atoms with van der Waals surface area (Å²) in [6, 6.07) is 9.77. The first kappa shape index (κ1) is 11.4. The van der Waals surface area contributed by atoms with Crippen molar-refractivity contribution in [2.24, 2.45) is 16.8 Å². The predicted octanol–water partition coefficient (Wildman–Crippen LogP) is 0.781. The van der Waals surface area contributed by atoms with E-state index in [1.807, 2.05) is 30.3 Å². The lowest BCUT2D eigenvalue weighted by atomic mass is 10.1. The molecule has 0 aromatic heterocycles. The SMILES string of the molecule is NC(=NO)C1CC(=O)N(Cc2ccccc2)C1.